The third kappa shape index (κ3) is 3.05. The largest absolute Gasteiger partial charge is 0.307 e. The van der Waals surface area contributed by atoms with Crippen molar-refractivity contribution in [3.63, 3.8) is 0 Å². The van der Waals surface area contributed by atoms with Gasteiger partial charge in [0.1, 0.15) is 0 Å². The van der Waals surface area contributed by atoms with Crippen LogP contribution in [0.1, 0.15) is 49.8 Å². The molecule has 1 aliphatic carbocycles. The second-order valence-corrected chi connectivity index (χ2v) is 6.09. The zero-order chi connectivity index (χ0) is 12.3. The highest BCUT2D eigenvalue weighted by Gasteiger charge is 2.24. The Bertz CT molecular complexity index is 364. The predicted octanol–water partition coefficient (Wildman–Crippen LogP) is 3.97. The first-order valence-electron chi connectivity index (χ1n) is 6.56. The van der Waals surface area contributed by atoms with Crippen molar-refractivity contribution < 1.29 is 0 Å². The Morgan fingerprint density at radius 1 is 1.29 bits per heavy atom. The molecule has 94 valence electrons. The topological polar surface area (TPSA) is 12.0 Å². The quantitative estimate of drug-likeness (QED) is 0.866. The van der Waals surface area contributed by atoms with Gasteiger partial charge in [-0.1, -0.05) is 31.2 Å². The van der Waals surface area contributed by atoms with Gasteiger partial charge in [-0.15, -0.1) is 0 Å². The van der Waals surface area contributed by atoms with Gasteiger partial charge in [0.15, 0.2) is 0 Å². The molecular formula is C15H23NS. The van der Waals surface area contributed by atoms with Gasteiger partial charge < -0.3 is 5.32 Å². The van der Waals surface area contributed by atoms with Crippen LogP contribution in [0.3, 0.4) is 0 Å². The lowest BCUT2D eigenvalue weighted by molar-refractivity contribution is 0.405. The molecule has 1 nitrogen and oxygen atoms in total. The second kappa shape index (κ2) is 5.92. The molecule has 1 N–H and O–H groups in total. The predicted molar refractivity (Wildman–Crippen MR) is 77.8 cm³/mol. The lowest BCUT2D eigenvalue weighted by Gasteiger charge is -2.32. The molecular weight excluding hydrogens is 226 g/mol. The van der Waals surface area contributed by atoms with E-state index in [2.05, 4.69) is 49.7 Å². The van der Waals surface area contributed by atoms with Gasteiger partial charge in [-0.05, 0) is 43.1 Å². The van der Waals surface area contributed by atoms with E-state index in [1.807, 2.05) is 11.8 Å². The van der Waals surface area contributed by atoms with Gasteiger partial charge >= 0.3 is 0 Å². The summed E-state index contributed by atoms with van der Waals surface area (Å²) in [7, 11) is 0. The molecule has 0 aliphatic heterocycles. The molecule has 3 atom stereocenters. The smallest absolute Gasteiger partial charge is 0.0325 e. The van der Waals surface area contributed by atoms with E-state index in [0.717, 1.165) is 5.92 Å². The fourth-order valence-electron chi connectivity index (χ4n) is 2.82. The van der Waals surface area contributed by atoms with Crippen LogP contribution in [0.5, 0.6) is 0 Å². The molecule has 1 aromatic rings. The summed E-state index contributed by atoms with van der Waals surface area (Å²) in [6, 6.07) is 10.1. The van der Waals surface area contributed by atoms with E-state index in [-0.39, 0.29) is 0 Å². The van der Waals surface area contributed by atoms with E-state index in [4.69, 9.17) is 0 Å². The summed E-state index contributed by atoms with van der Waals surface area (Å²) in [6.45, 7) is 4.64. The van der Waals surface area contributed by atoms with Crippen molar-refractivity contribution in [3.8, 4) is 0 Å². The molecule has 0 fully saturated rings. The summed E-state index contributed by atoms with van der Waals surface area (Å²) in [5, 5.41) is 3.78. The maximum atomic E-state index is 3.78. The number of hydrogen-bond acceptors (Lipinski definition) is 2. The molecule has 1 aliphatic rings. The van der Waals surface area contributed by atoms with E-state index in [1.165, 1.54) is 24.2 Å². The zero-order valence-corrected chi connectivity index (χ0v) is 11.9. The number of rotatable bonds is 4. The van der Waals surface area contributed by atoms with Gasteiger partial charge in [0.05, 0.1) is 0 Å². The fraction of sp³-hybridized carbons (Fsp3) is 0.600. The van der Waals surface area contributed by atoms with Crippen LogP contribution in [0, 0.1) is 0 Å². The minimum absolute atomic E-state index is 0.560. The number of thioether (sulfide) groups is 1. The van der Waals surface area contributed by atoms with E-state index >= 15 is 0 Å². The highest BCUT2D eigenvalue weighted by atomic mass is 32.2. The zero-order valence-electron chi connectivity index (χ0n) is 11.1. The molecule has 3 unspecified atom stereocenters. The SMILES string of the molecule is CSCC(C)NC1CCC(C)c2ccccc21. The number of benzene rings is 1. The minimum atomic E-state index is 0.560. The third-order valence-electron chi connectivity index (χ3n) is 3.69. The highest BCUT2D eigenvalue weighted by molar-refractivity contribution is 7.98. The first-order valence-corrected chi connectivity index (χ1v) is 7.95. The summed E-state index contributed by atoms with van der Waals surface area (Å²) < 4.78 is 0. The van der Waals surface area contributed by atoms with Gasteiger partial charge in [-0.25, -0.2) is 0 Å². The van der Waals surface area contributed by atoms with Crippen molar-refractivity contribution >= 4 is 11.8 Å². The van der Waals surface area contributed by atoms with Crippen molar-refractivity contribution in [2.45, 2.75) is 44.7 Å². The average Bonchev–Trinajstić information content (AvgIpc) is 2.34. The summed E-state index contributed by atoms with van der Waals surface area (Å²) in [6.07, 6.45) is 4.76. The van der Waals surface area contributed by atoms with Crippen molar-refractivity contribution in [2.24, 2.45) is 0 Å². The summed E-state index contributed by atoms with van der Waals surface area (Å²) in [5.74, 6) is 1.91. The summed E-state index contributed by atoms with van der Waals surface area (Å²) >= 11 is 1.92. The standard InChI is InChI=1S/C15H23NS/c1-11-8-9-15(16-12(2)10-17-3)14-7-5-4-6-13(11)14/h4-7,11-12,15-16H,8-10H2,1-3H3. The third-order valence-corrected chi connectivity index (χ3v) is 4.53. The molecule has 0 heterocycles. The van der Waals surface area contributed by atoms with Crippen LogP contribution in [0.4, 0.5) is 0 Å². The lowest BCUT2D eigenvalue weighted by Crippen LogP contribution is -2.34. The normalized spacial score (nSPS) is 25.4. The Hall–Kier alpha value is -0.470. The highest BCUT2D eigenvalue weighted by Crippen LogP contribution is 2.37. The van der Waals surface area contributed by atoms with Crippen LogP contribution in [-0.2, 0) is 0 Å². The maximum Gasteiger partial charge on any atom is 0.0325 e. The van der Waals surface area contributed by atoms with Crippen LogP contribution < -0.4 is 5.32 Å². The van der Waals surface area contributed by atoms with E-state index in [0.29, 0.717) is 12.1 Å². The molecule has 0 saturated heterocycles. The van der Waals surface area contributed by atoms with E-state index in [1.54, 1.807) is 5.56 Å². The molecule has 0 spiro atoms. The Morgan fingerprint density at radius 2 is 2.00 bits per heavy atom. The minimum Gasteiger partial charge on any atom is -0.307 e. The summed E-state index contributed by atoms with van der Waals surface area (Å²) in [5.41, 5.74) is 3.08. The molecule has 0 radical (unpaired) electrons. The van der Waals surface area contributed by atoms with Gasteiger partial charge in [0, 0.05) is 17.8 Å². The second-order valence-electron chi connectivity index (χ2n) is 5.18. The first kappa shape index (κ1) is 13.0. The Morgan fingerprint density at radius 3 is 2.71 bits per heavy atom. The van der Waals surface area contributed by atoms with Gasteiger partial charge in [-0.2, -0.15) is 11.8 Å². The van der Waals surface area contributed by atoms with E-state index in [9.17, 15) is 0 Å². The molecule has 1 aromatic carbocycles. The van der Waals surface area contributed by atoms with E-state index < -0.39 is 0 Å². The molecule has 0 amide bonds. The molecule has 0 aromatic heterocycles. The molecule has 0 saturated carbocycles. The Labute approximate surface area is 109 Å². The maximum absolute atomic E-state index is 3.78. The molecule has 2 heteroatoms. The average molecular weight is 249 g/mol. The van der Waals surface area contributed by atoms with Gasteiger partial charge in [-0.3, -0.25) is 0 Å². The van der Waals surface area contributed by atoms with Crippen LogP contribution >= 0.6 is 11.8 Å². The fourth-order valence-corrected chi connectivity index (χ4v) is 3.42. The molecule has 0 bridgehead atoms. The van der Waals surface area contributed by atoms with Crippen LogP contribution in [-0.4, -0.2) is 18.1 Å². The number of nitrogens with one attached hydrogen (secondary N) is 1. The molecule has 2 rings (SSSR count). The summed E-state index contributed by atoms with van der Waals surface area (Å²) in [4.78, 5) is 0. The van der Waals surface area contributed by atoms with Crippen molar-refractivity contribution in [1.82, 2.24) is 5.32 Å². The van der Waals surface area contributed by atoms with Gasteiger partial charge in [0.25, 0.3) is 0 Å². The van der Waals surface area contributed by atoms with Crippen molar-refractivity contribution in [3.05, 3.63) is 35.4 Å². The monoisotopic (exact) mass is 249 g/mol. The van der Waals surface area contributed by atoms with Crippen molar-refractivity contribution in [2.75, 3.05) is 12.0 Å². The van der Waals surface area contributed by atoms with Gasteiger partial charge in [0.2, 0.25) is 0 Å². The Balaban J connectivity index is 2.13. The van der Waals surface area contributed by atoms with Crippen LogP contribution in [0.15, 0.2) is 24.3 Å². The van der Waals surface area contributed by atoms with Crippen LogP contribution in [0.25, 0.3) is 0 Å². The number of hydrogen-bond donors (Lipinski definition) is 1. The van der Waals surface area contributed by atoms with Crippen LogP contribution in [0.2, 0.25) is 0 Å². The Kier molecular flexibility index (Phi) is 4.52. The van der Waals surface area contributed by atoms with Crippen molar-refractivity contribution in [1.29, 1.82) is 0 Å². The molecule has 17 heavy (non-hydrogen) atoms. The first-order chi connectivity index (χ1) is 8.22. The number of fused-ring (bicyclic) bond motifs is 1. The lowest BCUT2D eigenvalue weighted by atomic mass is 9.81.